The van der Waals surface area contributed by atoms with E-state index in [1.54, 1.807) is 12.1 Å². The molecule has 0 unspecified atom stereocenters. The first-order chi connectivity index (χ1) is 15.1. The van der Waals surface area contributed by atoms with Crippen LogP contribution in [0.2, 0.25) is 0 Å². The lowest BCUT2D eigenvalue weighted by Crippen LogP contribution is -2.12. The zero-order valence-electron chi connectivity index (χ0n) is 16.0. The van der Waals surface area contributed by atoms with Crippen molar-refractivity contribution >= 4 is 28.3 Å². The van der Waals surface area contributed by atoms with E-state index in [0.29, 0.717) is 16.8 Å². The Morgan fingerprint density at radius 3 is 2.28 bits per heavy atom. The van der Waals surface area contributed by atoms with Crippen molar-refractivity contribution in [3.05, 3.63) is 88.0 Å². The molecule has 3 aromatic carbocycles. The summed E-state index contributed by atoms with van der Waals surface area (Å²) in [5, 5.41) is 23.9. The second kappa shape index (κ2) is 7.69. The molecule has 0 fully saturated rings. The number of imidazole rings is 1. The van der Waals surface area contributed by atoms with Crippen molar-refractivity contribution in [1.82, 2.24) is 9.71 Å². The molecule has 0 saturated carbocycles. The number of carbonyl (C=O) groups excluding carboxylic acids is 1. The Bertz CT molecular complexity index is 1330. The summed E-state index contributed by atoms with van der Waals surface area (Å²) in [6, 6.07) is 13.9. The van der Waals surface area contributed by atoms with Crippen molar-refractivity contribution < 1.29 is 28.1 Å². The number of nitro benzene ring substituents is 1. The van der Waals surface area contributed by atoms with Crippen molar-refractivity contribution in [3.63, 3.8) is 0 Å². The molecule has 0 aliphatic rings. The monoisotopic (exact) mass is 442 g/mol. The average molecular weight is 442 g/mol. The number of fused-ring (bicyclic) bond motifs is 1. The van der Waals surface area contributed by atoms with Crippen LogP contribution >= 0.6 is 0 Å². The van der Waals surface area contributed by atoms with E-state index in [1.807, 2.05) is 0 Å². The molecule has 0 spiro atoms. The molecule has 0 saturated heterocycles. The third-order valence-electron chi connectivity index (χ3n) is 4.70. The van der Waals surface area contributed by atoms with Crippen molar-refractivity contribution in [2.45, 2.75) is 6.18 Å². The van der Waals surface area contributed by atoms with Crippen LogP contribution in [0, 0.1) is 10.1 Å². The predicted molar refractivity (Wildman–Crippen MR) is 108 cm³/mol. The van der Waals surface area contributed by atoms with Gasteiger partial charge in [-0.05, 0) is 54.6 Å². The smallest absolute Gasteiger partial charge is 0.416 e. The Morgan fingerprint density at radius 2 is 1.69 bits per heavy atom. The van der Waals surface area contributed by atoms with Gasteiger partial charge in [0, 0.05) is 28.9 Å². The molecule has 32 heavy (non-hydrogen) atoms. The van der Waals surface area contributed by atoms with Gasteiger partial charge in [0.2, 0.25) is 0 Å². The van der Waals surface area contributed by atoms with Crippen LogP contribution in [0.3, 0.4) is 0 Å². The summed E-state index contributed by atoms with van der Waals surface area (Å²) < 4.78 is 38.7. The van der Waals surface area contributed by atoms with E-state index in [0.717, 1.165) is 29.0 Å². The van der Waals surface area contributed by atoms with E-state index in [2.05, 4.69) is 10.3 Å². The topological polar surface area (TPSA) is 110 Å². The Labute approximate surface area is 177 Å². The molecule has 0 atom stereocenters. The van der Waals surface area contributed by atoms with Gasteiger partial charge in [0.05, 0.1) is 16.0 Å². The third kappa shape index (κ3) is 3.95. The van der Waals surface area contributed by atoms with Crippen LogP contribution in [0.1, 0.15) is 15.9 Å². The Hall–Kier alpha value is -4.41. The van der Waals surface area contributed by atoms with Gasteiger partial charge in [-0.1, -0.05) is 0 Å². The fourth-order valence-electron chi connectivity index (χ4n) is 3.07. The average Bonchev–Trinajstić information content (AvgIpc) is 3.09. The van der Waals surface area contributed by atoms with Crippen LogP contribution in [0.25, 0.3) is 22.4 Å². The van der Waals surface area contributed by atoms with E-state index < -0.39 is 22.6 Å². The number of aromatic nitrogens is 2. The number of anilines is 1. The minimum atomic E-state index is -4.49. The summed E-state index contributed by atoms with van der Waals surface area (Å²) in [5.41, 5.74) is 0.368. The van der Waals surface area contributed by atoms with Gasteiger partial charge in [0.15, 0.2) is 5.82 Å². The van der Waals surface area contributed by atoms with E-state index in [9.17, 15) is 33.3 Å². The number of amides is 1. The van der Waals surface area contributed by atoms with Crippen LogP contribution in [0.5, 0.6) is 0 Å². The summed E-state index contributed by atoms with van der Waals surface area (Å²) in [5.74, 6) is -0.450. The van der Waals surface area contributed by atoms with Gasteiger partial charge in [-0.25, -0.2) is 4.98 Å². The summed E-state index contributed by atoms with van der Waals surface area (Å²) in [6.45, 7) is 0. The number of halogens is 3. The standard InChI is InChI=1S/C21H13F3N4O4/c22-21(23,24)14-5-1-13(2-6-14)20(29)25-15-7-3-12(4-8-15)19-26-17-10-9-16(28(31)32)11-18(17)27(19)30/h1-11,30H,(H,25,29). The Kier molecular flexibility index (Phi) is 5.01. The minimum absolute atomic E-state index is 0.0563. The zero-order valence-corrected chi connectivity index (χ0v) is 16.0. The van der Waals surface area contributed by atoms with Crippen molar-refractivity contribution in [3.8, 4) is 11.4 Å². The lowest BCUT2D eigenvalue weighted by atomic mass is 10.1. The maximum atomic E-state index is 12.6. The van der Waals surface area contributed by atoms with Gasteiger partial charge in [0.25, 0.3) is 11.6 Å². The molecular weight excluding hydrogens is 429 g/mol. The number of carbonyl (C=O) groups is 1. The number of alkyl halides is 3. The zero-order chi connectivity index (χ0) is 23.0. The fourth-order valence-corrected chi connectivity index (χ4v) is 3.07. The van der Waals surface area contributed by atoms with Crippen molar-refractivity contribution in [2.24, 2.45) is 0 Å². The number of hydrogen-bond acceptors (Lipinski definition) is 5. The van der Waals surface area contributed by atoms with Gasteiger partial charge in [-0.15, -0.1) is 0 Å². The SMILES string of the molecule is O=C(Nc1ccc(-c2nc3ccc([N+](=O)[O-])cc3n2O)cc1)c1ccc(C(F)(F)F)cc1. The van der Waals surface area contributed by atoms with Gasteiger partial charge < -0.3 is 10.5 Å². The number of nitrogens with one attached hydrogen (secondary N) is 1. The number of rotatable bonds is 4. The van der Waals surface area contributed by atoms with E-state index in [-0.39, 0.29) is 22.6 Å². The van der Waals surface area contributed by atoms with E-state index in [4.69, 9.17) is 0 Å². The van der Waals surface area contributed by atoms with Gasteiger partial charge in [-0.3, -0.25) is 14.9 Å². The number of nitro groups is 1. The summed E-state index contributed by atoms with van der Waals surface area (Å²) in [7, 11) is 0. The summed E-state index contributed by atoms with van der Waals surface area (Å²) >= 11 is 0. The number of non-ortho nitro benzene ring substituents is 1. The predicted octanol–water partition coefficient (Wildman–Crippen LogP) is 5.12. The highest BCUT2D eigenvalue weighted by atomic mass is 19.4. The first kappa shape index (κ1) is 20.8. The van der Waals surface area contributed by atoms with Crippen LogP contribution in [-0.2, 0) is 6.18 Å². The first-order valence-corrected chi connectivity index (χ1v) is 9.09. The molecule has 162 valence electrons. The molecule has 2 N–H and O–H groups in total. The van der Waals surface area contributed by atoms with Crippen LogP contribution in [0.4, 0.5) is 24.5 Å². The fraction of sp³-hybridized carbons (Fsp3) is 0.0476. The number of nitrogens with zero attached hydrogens (tertiary/aromatic N) is 3. The summed E-state index contributed by atoms with van der Waals surface area (Å²) in [6.07, 6.45) is -4.49. The Balaban J connectivity index is 1.54. The van der Waals surface area contributed by atoms with Crippen LogP contribution < -0.4 is 5.32 Å². The van der Waals surface area contributed by atoms with Gasteiger partial charge in [-0.2, -0.15) is 17.9 Å². The molecule has 4 rings (SSSR count). The van der Waals surface area contributed by atoms with Gasteiger partial charge >= 0.3 is 6.18 Å². The molecule has 0 radical (unpaired) electrons. The van der Waals surface area contributed by atoms with E-state index >= 15 is 0 Å². The molecule has 0 aliphatic carbocycles. The molecule has 0 bridgehead atoms. The van der Waals surface area contributed by atoms with Gasteiger partial charge in [0.1, 0.15) is 5.52 Å². The highest BCUT2D eigenvalue weighted by Crippen LogP contribution is 2.30. The lowest BCUT2D eigenvalue weighted by Gasteiger charge is -2.09. The second-order valence-corrected chi connectivity index (χ2v) is 6.78. The number of hydrogen-bond donors (Lipinski definition) is 2. The second-order valence-electron chi connectivity index (χ2n) is 6.78. The quantitative estimate of drug-likeness (QED) is 0.259. The van der Waals surface area contributed by atoms with Crippen LogP contribution in [-0.4, -0.2) is 25.8 Å². The molecule has 1 aromatic heterocycles. The van der Waals surface area contributed by atoms with Crippen molar-refractivity contribution in [1.29, 1.82) is 0 Å². The maximum absolute atomic E-state index is 12.6. The highest BCUT2D eigenvalue weighted by Gasteiger charge is 2.30. The Morgan fingerprint density at radius 1 is 1.03 bits per heavy atom. The number of benzene rings is 3. The molecule has 4 aromatic rings. The molecule has 1 heterocycles. The summed E-state index contributed by atoms with van der Waals surface area (Å²) in [4.78, 5) is 26.9. The molecule has 8 nitrogen and oxygen atoms in total. The largest absolute Gasteiger partial charge is 0.426 e. The highest BCUT2D eigenvalue weighted by molar-refractivity contribution is 6.04. The maximum Gasteiger partial charge on any atom is 0.416 e. The normalized spacial score (nSPS) is 11.5. The van der Waals surface area contributed by atoms with Crippen LogP contribution in [0.15, 0.2) is 66.7 Å². The molecule has 11 heteroatoms. The van der Waals surface area contributed by atoms with Crippen molar-refractivity contribution in [2.75, 3.05) is 5.32 Å². The molecule has 1 amide bonds. The van der Waals surface area contributed by atoms with E-state index in [1.165, 1.54) is 30.3 Å². The lowest BCUT2D eigenvalue weighted by molar-refractivity contribution is -0.384. The molecular formula is C21H13F3N4O4. The minimum Gasteiger partial charge on any atom is -0.426 e. The third-order valence-corrected chi connectivity index (χ3v) is 4.70. The first-order valence-electron chi connectivity index (χ1n) is 9.09. The molecule has 0 aliphatic heterocycles.